The van der Waals surface area contributed by atoms with Crippen LogP contribution in [0.5, 0.6) is 0 Å². The van der Waals surface area contributed by atoms with Crippen LogP contribution in [0.1, 0.15) is 36.6 Å². The molecule has 1 aromatic heterocycles. The number of hydrogen-bond acceptors (Lipinski definition) is 3. The summed E-state index contributed by atoms with van der Waals surface area (Å²) in [5, 5.41) is 3.43. The van der Waals surface area contributed by atoms with Crippen LogP contribution in [0, 0.1) is 12.8 Å². The molecule has 1 heterocycles. The molecule has 2 rings (SSSR count). The molecule has 0 spiro atoms. The van der Waals surface area contributed by atoms with Gasteiger partial charge in [0.2, 0.25) is 0 Å². The first-order chi connectivity index (χ1) is 10.0. The smallest absolute Gasteiger partial charge is 0.133 e. The Morgan fingerprint density at radius 1 is 1.19 bits per heavy atom. The Kier molecular flexibility index (Phi) is 5.88. The first kappa shape index (κ1) is 16.1. The summed E-state index contributed by atoms with van der Waals surface area (Å²) in [6, 6.07) is 10.3. The molecule has 0 aliphatic heterocycles. The number of aryl methyl sites for hydroxylation is 1. The molecule has 112 valence electrons. The first-order valence-corrected chi connectivity index (χ1v) is 8.11. The van der Waals surface area contributed by atoms with Gasteiger partial charge in [0.15, 0.2) is 0 Å². The number of halogens is 1. The molecule has 0 radical (unpaired) electrons. The van der Waals surface area contributed by atoms with E-state index in [0.29, 0.717) is 5.92 Å². The first-order valence-electron chi connectivity index (χ1n) is 7.32. The minimum absolute atomic E-state index is 0.646. The van der Waals surface area contributed by atoms with Gasteiger partial charge < -0.3 is 5.32 Å². The molecular formula is C17H22BrN3. The maximum absolute atomic E-state index is 4.67. The van der Waals surface area contributed by atoms with Crippen molar-refractivity contribution in [3.63, 3.8) is 0 Å². The third kappa shape index (κ3) is 5.21. The lowest BCUT2D eigenvalue weighted by molar-refractivity contribution is 0.547. The van der Waals surface area contributed by atoms with Gasteiger partial charge in [0, 0.05) is 23.1 Å². The monoisotopic (exact) mass is 347 g/mol. The number of benzene rings is 1. The highest BCUT2D eigenvalue weighted by Gasteiger charge is 2.06. The second-order valence-electron chi connectivity index (χ2n) is 5.71. The molecule has 0 amide bonds. The van der Waals surface area contributed by atoms with Crippen LogP contribution >= 0.6 is 15.9 Å². The molecule has 0 aliphatic rings. The largest absolute Gasteiger partial charge is 0.311 e. The zero-order valence-corrected chi connectivity index (χ0v) is 14.4. The molecule has 0 atom stereocenters. The van der Waals surface area contributed by atoms with E-state index in [2.05, 4.69) is 63.3 Å². The van der Waals surface area contributed by atoms with Gasteiger partial charge in [-0.15, -0.1) is 0 Å². The number of nitrogens with zero attached hydrogens (tertiary/aromatic N) is 2. The van der Waals surface area contributed by atoms with Gasteiger partial charge in [-0.05, 0) is 37.1 Å². The lowest BCUT2D eigenvalue weighted by Crippen LogP contribution is -2.20. The van der Waals surface area contributed by atoms with Gasteiger partial charge >= 0.3 is 0 Å². The Hall–Kier alpha value is -1.26. The van der Waals surface area contributed by atoms with Crippen LogP contribution in [0.15, 0.2) is 34.8 Å². The fourth-order valence-electron chi connectivity index (χ4n) is 2.17. The summed E-state index contributed by atoms with van der Waals surface area (Å²) in [7, 11) is 0. The third-order valence-electron chi connectivity index (χ3n) is 3.12. The van der Waals surface area contributed by atoms with Gasteiger partial charge in [0.05, 0.1) is 5.69 Å². The van der Waals surface area contributed by atoms with Gasteiger partial charge in [-0.25, -0.2) is 9.97 Å². The molecule has 0 aliphatic carbocycles. The molecule has 21 heavy (non-hydrogen) atoms. The van der Waals surface area contributed by atoms with Crippen LogP contribution in [-0.2, 0) is 13.0 Å². The summed E-state index contributed by atoms with van der Waals surface area (Å²) < 4.78 is 1.11. The standard InChI is InChI=1S/C17H22BrN3/c1-12(2)10-19-11-15-8-13(3)20-17(21-15)9-14-6-4-5-7-16(14)18/h4-8,12,19H,9-11H2,1-3H3. The van der Waals surface area contributed by atoms with Crippen molar-refractivity contribution in [3.8, 4) is 0 Å². The summed E-state index contributed by atoms with van der Waals surface area (Å²) in [6.45, 7) is 8.23. The van der Waals surface area contributed by atoms with E-state index in [0.717, 1.165) is 41.2 Å². The molecule has 0 unspecified atom stereocenters. The topological polar surface area (TPSA) is 37.8 Å². The Balaban J connectivity index is 2.10. The fourth-order valence-corrected chi connectivity index (χ4v) is 2.60. The van der Waals surface area contributed by atoms with E-state index in [1.54, 1.807) is 0 Å². The highest BCUT2D eigenvalue weighted by molar-refractivity contribution is 9.10. The summed E-state index contributed by atoms with van der Waals surface area (Å²) >= 11 is 3.58. The van der Waals surface area contributed by atoms with Crippen molar-refractivity contribution in [1.29, 1.82) is 0 Å². The third-order valence-corrected chi connectivity index (χ3v) is 3.89. The second kappa shape index (κ2) is 7.66. The van der Waals surface area contributed by atoms with E-state index in [-0.39, 0.29) is 0 Å². The molecule has 2 aromatic rings. The normalized spacial score (nSPS) is 11.1. The number of hydrogen-bond donors (Lipinski definition) is 1. The van der Waals surface area contributed by atoms with Gasteiger partial charge in [-0.3, -0.25) is 0 Å². The Morgan fingerprint density at radius 3 is 2.67 bits per heavy atom. The zero-order valence-electron chi connectivity index (χ0n) is 12.9. The maximum Gasteiger partial charge on any atom is 0.133 e. The quantitative estimate of drug-likeness (QED) is 0.861. The van der Waals surface area contributed by atoms with Crippen LogP contribution < -0.4 is 5.32 Å². The highest BCUT2D eigenvalue weighted by atomic mass is 79.9. The van der Waals surface area contributed by atoms with Crippen molar-refractivity contribution < 1.29 is 0 Å². The summed E-state index contributed by atoms with van der Waals surface area (Å²) in [6.07, 6.45) is 0.750. The number of nitrogens with one attached hydrogen (secondary N) is 1. The lowest BCUT2D eigenvalue weighted by atomic mass is 10.1. The van der Waals surface area contributed by atoms with E-state index in [1.165, 1.54) is 5.56 Å². The van der Waals surface area contributed by atoms with Crippen molar-refractivity contribution in [2.45, 2.75) is 33.7 Å². The molecule has 0 fully saturated rings. The molecule has 0 saturated heterocycles. The maximum atomic E-state index is 4.67. The molecule has 0 saturated carbocycles. The van der Waals surface area contributed by atoms with E-state index in [4.69, 9.17) is 0 Å². The molecule has 3 nitrogen and oxygen atoms in total. The van der Waals surface area contributed by atoms with Crippen molar-refractivity contribution in [3.05, 3.63) is 57.6 Å². The highest BCUT2D eigenvalue weighted by Crippen LogP contribution is 2.18. The van der Waals surface area contributed by atoms with E-state index in [9.17, 15) is 0 Å². The summed E-state index contributed by atoms with van der Waals surface area (Å²) in [4.78, 5) is 9.23. The predicted octanol–water partition coefficient (Wildman–Crippen LogP) is 3.88. The zero-order chi connectivity index (χ0) is 15.2. The minimum atomic E-state index is 0.646. The van der Waals surface area contributed by atoms with Gasteiger partial charge in [0.25, 0.3) is 0 Å². The van der Waals surface area contributed by atoms with Crippen molar-refractivity contribution in [1.82, 2.24) is 15.3 Å². The molecule has 1 aromatic carbocycles. The average Bonchev–Trinajstić information content (AvgIpc) is 2.40. The van der Waals surface area contributed by atoms with Crippen LogP contribution in [0.4, 0.5) is 0 Å². The van der Waals surface area contributed by atoms with Gasteiger partial charge in [-0.2, -0.15) is 0 Å². The average molecular weight is 348 g/mol. The number of aromatic nitrogens is 2. The Labute approximate surface area is 135 Å². The number of rotatable bonds is 6. The molecular weight excluding hydrogens is 326 g/mol. The Bertz CT molecular complexity index is 596. The van der Waals surface area contributed by atoms with Crippen LogP contribution in [0.3, 0.4) is 0 Å². The van der Waals surface area contributed by atoms with Crippen LogP contribution in [0.25, 0.3) is 0 Å². The van der Waals surface area contributed by atoms with Crippen molar-refractivity contribution in [2.75, 3.05) is 6.54 Å². The van der Waals surface area contributed by atoms with Crippen LogP contribution in [0.2, 0.25) is 0 Å². The van der Waals surface area contributed by atoms with E-state index in [1.807, 2.05) is 19.1 Å². The minimum Gasteiger partial charge on any atom is -0.311 e. The van der Waals surface area contributed by atoms with E-state index < -0.39 is 0 Å². The van der Waals surface area contributed by atoms with Crippen LogP contribution in [-0.4, -0.2) is 16.5 Å². The SMILES string of the molecule is Cc1cc(CNCC(C)C)nc(Cc2ccccc2Br)n1. The van der Waals surface area contributed by atoms with Gasteiger partial charge in [0.1, 0.15) is 5.82 Å². The van der Waals surface area contributed by atoms with Gasteiger partial charge in [-0.1, -0.05) is 48.0 Å². The Morgan fingerprint density at radius 2 is 1.95 bits per heavy atom. The lowest BCUT2D eigenvalue weighted by Gasteiger charge is -2.09. The predicted molar refractivity (Wildman–Crippen MR) is 90.3 cm³/mol. The summed E-state index contributed by atoms with van der Waals surface area (Å²) in [5.41, 5.74) is 3.29. The molecule has 1 N–H and O–H groups in total. The fraction of sp³-hybridized carbons (Fsp3) is 0.412. The molecule has 4 heteroatoms. The summed E-state index contributed by atoms with van der Waals surface area (Å²) in [5.74, 6) is 1.52. The van der Waals surface area contributed by atoms with Crippen molar-refractivity contribution >= 4 is 15.9 Å². The van der Waals surface area contributed by atoms with Crippen molar-refractivity contribution in [2.24, 2.45) is 5.92 Å². The molecule has 0 bridgehead atoms. The second-order valence-corrected chi connectivity index (χ2v) is 6.56. The van der Waals surface area contributed by atoms with E-state index >= 15 is 0 Å².